The fraction of sp³-hybridized carbons (Fsp3) is 0.731. The molecule has 0 aliphatic heterocycles. The van der Waals surface area contributed by atoms with Gasteiger partial charge in [0.1, 0.15) is 5.75 Å². The van der Waals surface area contributed by atoms with Crippen LogP contribution in [0.3, 0.4) is 0 Å². The van der Waals surface area contributed by atoms with Gasteiger partial charge in [-0.15, -0.1) is 0 Å². The molecule has 5 atom stereocenters. The molecule has 160 valence electrons. The summed E-state index contributed by atoms with van der Waals surface area (Å²) in [5, 5.41) is 13.3. The van der Waals surface area contributed by atoms with Crippen LogP contribution < -0.4 is 5.32 Å². The number of hydrogen-bond donors (Lipinski definition) is 2. The summed E-state index contributed by atoms with van der Waals surface area (Å²) in [5.41, 5.74) is 3.11. The number of carbonyl (C=O) groups excluding carboxylic acids is 1. The van der Waals surface area contributed by atoms with Crippen LogP contribution in [0.5, 0.6) is 5.75 Å². The number of benzene rings is 1. The number of amides is 1. The number of fused-ring (bicyclic) bond motifs is 5. The average Bonchev–Trinajstić information content (AvgIpc) is 3.03. The summed E-state index contributed by atoms with van der Waals surface area (Å²) in [4.78, 5) is 12.6. The fourth-order valence-electron chi connectivity index (χ4n) is 6.96. The second-order valence-electron chi connectivity index (χ2n) is 10.2. The molecule has 0 saturated heterocycles. The minimum atomic E-state index is 0.257. The first-order chi connectivity index (χ1) is 14.0. The van der Waals surface area contributed by atoms with Gasteiger partial charge in [-0.3, -0.25) is 4.79 Å². The second-order valence-corrected chi connectivity index (χ2v) is 10.2. The molecule has 3 aliphatic carbocycles. The highest BCUT2D eigenvalue weighted by molar-refractivity contribution is 5.76. The lowest BCUT2D eigenvalue weighted by Gasteiger charge is -2.51. The average molecular weight is 398 g/mol. The maximum atomic E-state index is 12.6. The molecule has 3 aliphatic rings. The Bertz CT molecular complexity index is 729. The summed E-state index contributed by atoms with van der Waals surface area (Å²) in [6, 6.07) is 6.39. The number of rotatable bonds is 7. The highest BCUT2D eigenvalue weighted by Gasteiger charge is 2.55. The summed E-state index contributed by atoms with van der Waals surface area (Å²) >= 11 is 0. The number of carbonyl (C=O) groups is 1. The minimum Gasteiger partial charge on any atom is -0.508 e. The van der Waals surface area contributed by atoms with Crippen LogP contribution in [0.2, 0.25) is 0 Å². The predicted octanol–water partition coefficient (Wildman–Crippen LogP) is 6.09. The molecule has 2 fully saturated rings. The van der Waals surface area contributed by atoms with Crippen LogP contribution in [0.1, 0.15) is 102 Å². The van der Waals surface area contributed by atoms with Gasteiger partial charge in [0.25, 0.3) is 0 Å². The molecule has 0 bridgehead atoms. The summed E-state index contributed by atoms with van der Waals surface area (Å²) < 4.78 is 0. The maximum absolute atomic E-state index is 12.6. The lowest BCUT2D eigenvalue weighted by atomic mass is 9.55. The van der Waals surface area contributed by atoms with Crippen molar-refractivity contribution < 1.29 is 9.90 Å². The van der Waals surface area contributed by atoms with Crippen molar-refractivity contribution in [3.05, 3.63) is 29.3 Å². The summed E-state index contributed by atoms with van der Waals surface area (Å²) in [6.45, 7) is 4.69. The first-order valence-corrected chi connectivity index (χ1v) is 12.1. The van der Waals surface area contributed by atoms with Gasteiger partial charge in [-0.05, 0) is 91.4 Å². The maximum Gasteiger partial charge on any atom is 0.220 e. The quantitative estimate of drug-likeness (QED) is 0.547. The Morgan fingerprint density at radius 3 is 2.79 bits per heavy atom. The summed E-state index contributed by atoms with van der Waals surface area (Å²) in [7, 11) is 0. The first-order valence-electron chi connectivity index (χ1n) is 12.1. The van der Waals surface area contributed by atoms with Crippen LogP contribution >= 0.6 is 0 Å². The van der Waals surface area contributed by atoms with Crippen molar-refractivity contribution in [2.45, 2.75) is 103 Å². The standard InChI is InChI=1S/C26H39NO2/c1-3-4-5-6-7-8-25(29)27-24-14-13-23-22-11-9-18-17-19(28)10-12-20(18)21(22)15-16-26(23,24)2/h10,12,17,21-24,28H,3-9,11,13-16H2,1-2H3,(H,27,29)/t21-,22-,23+,24?,26+/m1/s1. The number of hydrogen-bond acceptors (Lipinski definition) is 2. The lowest BCUT2D eigenvalue weighted by Crippen LogP contribution is -2.50. The molecule has 4 rings (SSSR count). The first kappa shape index (κ1) is 20.8. The molecule has 29 heavy (non-hydrogen) atoms. The molecule has 3 nitrogen and oxygen atoms in total. The minimum absolute atomic E-state index is 0.257. The van der Waals surface area contributed by atoms with Gasteiger partial charge < -0.3 is 10.4 Å². The van der Waals surface area contributed by atoms with Gasteiger partial charge in [-0.25, -0.2) is 0 Å². The van der Waals surface area contributed by atoms with Crippen molar-refractivity contribution in [3.8, 4) is 5.75 Å². The second kappa shape index (κ2) is 8.70. The Hall–Kier alpha value is -1.51. The van der Waals surface area contributed by atoms with E-state index in [4.69, 9.17) is 0 Å². The Labute approximate surface area is 176 Å². The number of phenolic OH excluding ortho intramolecular Hbond substituents is 1. The summed E-state index contributed by atoms with van der Waals surface area (Å²) in [6.07, 6.45) is 13.9. The van der Waals surface area contributed by atoms with Crippen LogP contribution in [0.15, 0.2) is 18.2 Å². The van der Waals surface area contributed by atoms with E-state index in [0.717, 1.165) is 31.1 Å². The van der Waals surface area contributed by atoms with E-state index in [-0.39, 0.29) is 11.3 Å². The van der Waals surface area contributed by atoms with Gasteiger partial charge in [0.2, 0.25) is 5.91 Å². The normalized spacial score (nSPS) is 32.9. The molecule has 2 N–H and O–H groups in total. The van der Waals surface area contributed by atoms with Crippen molar-refractivity contribution in [3.63, 3.8) is 0 Å². The van der Waals surface area contributed by atoms with Crippen LogP contribution in [0.25, 0.3) is 0 Å². The Balaban J connectivity index is 1.38. The number of aryl methyl sites for hydroxylation is 1. The zero-order valence-corrected chi connectivity index (χ0v) is 18.4. The number of aromatic hydroxyl groups is 1. The van der Waals surface area contributed by atoms with Crippen molar-refractivity contribution in [2.75, 3.05) is 0 Å². The van der Waals surface area contributed by atoms with Gasteiger partial charge in [-0.1, -0.05) is 45.6 Å². The van der Waals surface area contributed by atoms with Crippen molar-refractivity contribution in [1.29, 1.82) is 0 Å². The SMILES string of the molecule is CCCCCCCC(=O)NC1CC[C@H]2[C@@H]3CCc4cc(O)ccc4[C@H]3CC[C@]12C. The van der Waals surface area contributed by atoms with E-state index < -0.39 is 0 Å². The molecule has 0 radical (unpaired) electrons. The van der Waals surface area contributed by atoms with Gasteiger partial charge in [-0.2, -0.15) is 0 Å². The highest BCUT2D eigenvalue weighted by Crippen LogP contribution is 2.60. The van der Waals surface area contributed by atoms with Crippen molar-refractivity contribution in [2.24, 2.45) is 17.3 Å². The van der Waals surface area contributed by atoms with E-state index in [0.29, 0.717) is 24.1 Å². The third-order valence-corrected chi connectivity index (χ3v) is 8.55. The van der Waals surface area contributed by atoms with Crippen LogP contribution in [-0.4, -0.2) is 17.1 Å². The number of nitrogens with one attached hydrogen (secondary N) is 1. The fourth-order valence-corrected chi connectivity index (χ4v) is 6.96. The van der Waals surface area contributed by atoms with Crippen LogP contribution in [0, 0.1) is 17.3 Å². The molecule has 2 saturated carbocycles. The van der Waals surface area contributed by atoms with E-state index >= 15 is 0 Å². The third-order valence-electron chi connectivity index (χ3n) is 8.55. The summed E-state index contributed by atoms with van der Waals surface area (Å²) in [5.74, 6) is 2.78. The van der Waals surface area contributed by atoms with Gasteiger partial charge in [0.15, 0.2) is 0 Å². The van der Waals surface area contributed by atoms with Crippen LogP contribution in [0.4, 0.5) is 0 Å². The monoisotopic (exact) mass is 397 g/mol. The molecule has 0 spiro atoms. The van der Waals surface area contributed by atoms with E-state index in [2.05, 4.69) is 25.2 Å². The molecule has 3 heteroatoms. The van der Waals surface area contributed by atoms with Crippen LogP contribution in [-0.2, 0) is 11.2 Å². The molecular formula is C26H39NO2. The van der Waals surface area contributed by atoms with Gasteiger partial charge in [0.05, 0.1) is 0 Å². The van der Waals surface area contributed by atoms with E-state index in [1.807, 2.05) is 12.1 Å². The number of unbranched alkanes of at least 4 members (excludes halogenated alkanes) is 4. The molecular weight excluding hydrogens is 358 g/mol. The zero-order chi connectivity index (χ0) is 20.4. The van der Waals surface area contributed by atoms with E-state index in [1.54, 1.807) is 0 Å². The molecule has 1 unspecified atom stereocenters. The molecule has 1 aromatic rings. The molecule has 1 amide bonds. The Kier molecular flexibility index (Phi) is 6.22. The van der Waals surface area contributed by atoms with E-state index in [9.17, 15) is 9.90 Å². The zero-order valence-electron chi connectivity index (χ0n) is 18.4. The topological polar surface area (TPSA) is 49.3 Å². The largest absolute Gasteiger partial charge is 0.508 e. The smallest absolute Gasteiger partial charge is 0.220 e. The van der Waals surface area contributed by atoms with Gasteiger partial charge in [0, 0.05) is 12.5 Å². The van der Waals surface area contributed by atoms with Gasteiger partial charge >= 0.3 is 0 Å². The molecule has 0 heterocycles. The number of phenols is 1. The third kappa shape index (κ3) is 4.07. The van der Waals surface area contributed by atoms with Crippen molar-refractivity contribution in [1.82, 2.24) is 5.32 Å². The van der Waals surface area contributed by atoms with E-state index in [1.165, 1.54) is 62.5 Å². The lowest BCUT2D eigenvalue weighted by molar-refractivity contribution is -0.123. The molecule has 1 aromatic carbocycles. The van der Waals surface area contributed by atoms with Crippen molar-refractivity contribution >= 4 is 5.91 Å². The Morgan fingerprint density at radius 1 is 1.14 bits per heavy atom. The Morgan fingerprint density at radius 2 is 1.97 bits per heavy atom. The predicted molar refractivity (Wildman–Crippen MR) is 118 cm³/mol. The highest BCUT2D eigenvalue weighted by atomic mass is 16.3. The molecule has 0 aromatic heterocycles.